The summed E-state index contributed by atoms with van der Waals surface area (Å²) in [5, 5.41) is 23.2. The molecule has 2 saturated heterocycles. The minimum Gasteiger partial charge on any atom is -0.497 e. The monoisotopic (exact) mass is 1040 g/mol. The highest BCUT2D eigenvalue weighted by Crippen LogP contribution is 2.26. The Morgan fingerprint density at radius 2 is 1.58 bits per heavy atom. The van der Waals surface area contributed by atoms with Crippen molar-refractivity contribution in [2.45, 2.75) is 175 Å². The van der Waals surface area contributed by atoms with Crippen LogP contribution in [0.1, 0.15) is 113 Å². The zero-order valence-corrected chi connectivity index (χ0v) is 45.7. The lowest BCUT2D eigenvalue weighted by Gasteiger charge is -2.36. The number of methoxy groups -OCH3 is 1. The molecule has 5 N–H and O–H groups in total. The summed E-state index contributed by atoms with van der Waals surface area (Å²) >= 11 is 0. The van der Waals surface area contributed by atoms with Gasteiger partial charge in [-0.15, -0.1) is 0 Å². The van der Waals surface area contributed by atoms with Crippen molar-refractivity contribution in [3.05, 3.63) is 42.0 Å². The largest absolute Gasteiger partial charge is 0.497 e. The van der Waals surface area contributed by atoms with Gasteiger partial charge in [0.05, 0.1) is 31.6 Å². The number of aliphatic hydroxyl groups is 1. The first kappa shape index (κ1) is 60.7. The molecule has 0 aromatic heterocycles. The number of likely N-dealkylation sites (N-methyl/N-ethyl adjacent to an activating group) is 2. The number of hydrogen-bond donors (Lipinski definition) is 5. The van der Waals surface area contributed by atoms with E-state index in [1.807, 2.05) is 27.7 Å². The van der Waals surface area contributed by atoms with Gasteiger partial charge in [-0.3, -0.25) is 43.7 Å². The van der Waals surface area contributed by atoms with Gasteiger partial charge in [0, 0.05) is 33.6 Å². The number of hydrogen-bond acceptors (Lipinski definition) is 14. The van der Waals surface area contributed by atoms with Crippen LogP contribution in [-0.4, -0.2) is 168 Å². The summed E-state index contributed by atoms with van der Waals surface area (Å²) in [6.45, 7) is 17.6. The Bertz CT molecular complexity index is 2180. The van der Waals surface area contributed by atoms with Crippen LogP contribution >= 0.6 is 0 Å². The number of esters is 2. The lowest BCUT2D eigenvalue weighted by Crippen LogP contribution is -2.62. The summed E-state index contributed by atoms with van der Waals surface area (Å²) in [7, 11) is 4.42. The van der Waals surface area contributed by atoms with Gasteiger partial charge in [0.15, 0.2) is 11.9 Å². The summed E-state index contributed by atoms with van der Waals surface area (Å²) in [5.74, 6) is -8.89. The maximum Gasteiger partial charge on any atom is 0.329 e. The number of Topliss-reactive ketones (excluding diaryl/α,β-unsaturated/α-hetero) is 1. The maximum absolute atomic E-state index is 14.9. The van der Waals surface area contributed by atoms with Gasteiger partial charge in [-0.2, -0.15) is 0 Å². The molecule has 20 nitrogen and oxygen atoms in total. The normalized spacial score (nSPS) is 28.1. The van der Waals surface area contributed by atoms with E-state index in [1.54, 1.807) is 64.1 Å². The minimum absolute atomic E-state index is 0.0948. The maximum atomic E-state index is 14.9. The number of ketones is 1. The van der Waals surface area contributed by atoms with Crippen molar-refractivity contribution in [3.8, 4) is 5.75 Å². The molecule has 0 radical (unpaired) electrons. The van der Waals surface area contributed by atoms with Crippen LogP contribution in [-0.2, 0) is 59.0 Å². The number of aliphatic hydroxyl groups excluding tert-OH is 1. The number of benzene rings is 1. The van der Waals surface area contributed by atoms with Crippen LogP contribution in [0.3, 0.4) is 0 Å². The second-order valence-electron chi connectivity index (χ2n) is 21.4. The number of amides is 6. The van der Waals surface area contributed by atoms with Crippen molar-refractivity contribution in [2.75, 3.05) is 34.3 Å². The molecule has 0 saturated carbocycles. The molecule has 1 aromatic carbocycles. The molecule has 12 atom stereocenters. The van der Waals surface area contributed by atoms with Crippen LogP contribution in [0.15, 0.2) is 36.4 Å². The number of nitrogens with one attached hydrogen (secondary N) is 4. The first-order valence-corrected chi connectivity index (χ1v) is 26.2. The van der Waals surface area contributed by atoms with Crippen molar-refractivity contribution in [2.24, 2.45) is 29.6 Å². The highest BCUT2D eigenvalue weighted by molar-refractivity contribution is 6.05. The van der Waals surface area contributed by atoms with Crippen molar-refractivity contribution in [1.82, 2.24) is 36.0 Å². The van der Waals surface area contributed by atoms with E-state index >= 15 is 0 Å². The Hall–Kier alpha value is -5.89. The molecule has 1 aromatic rings. The lowest BCUT2D eigenvalue weighted by molar-refractivity contribution is -0.163. The quantitative estimate of drug-likeness (QED) is 0.102. The predicted octanol–water partition coefficient (Wildman–Crippen LogP) is 2.47. The number of nitrogens with zero attached hydrogens (tertiary/aromatic N) is 3. The summed E-state index contributed by atoms with van der Waals surface area (Å²) in [6, 6.07) is -1.43. The first-order chi connectivity index (χ1) is 34.8. The molecule has 1 unspecified atom stereocenters. The van der Waals surface area contributed by atoms with E-state index in [4.69, 9.17) is 14.2 Å². The van der Waals surface area contributed by atoms with Gasteiger partial charge in [-0.25, -0.2) is 4.79 Å². The third kappa shape index (κ3) is 15.8. The van der Waals surface area contributed by atoms with Gasteiger partial charge >= 0.3 is 11.9 Å². The minimum atomic E-state index is -1.68. The molecule has 74 heavy (non-hydrogen) atoms. The number of rotatable bonds is 14. The van der Waals surface area contributed by atoms with Crippen LogP contribution in [0.5, 0.6) is 5.75 Å². The molecular formula is C54H83N7O13. The van der Waals surface area contributed by atoms with Gasteiger partial charge < -0.3 is 50.0 Å². The third-order valence-corrected chi connectivity index (χ3v) is 14.4. The fourth-order valence-electron chi connectivity index (χ4n) is 9.61. The molecule has 20 heteroatoms. The van der Waals surface area contributed by atoms with Crippen LogP contribution < -0.4 is 26.0 Å². The number of fused-ring (bicyclic) bond motifs is 1. The molecule has 6 amide bonds. The molecule has 3 heterocycles. The Kier molecular flexibility index (Phi) is 22.6. The van der Waals surface area contributed by atoms with Gasteiger partial charge in [0.25, 0.3) is 0 Å². The second-order valence-corrected chi connectivity index (χ2v) is 21.4. The average molecular weight is 1040 g/mol. The molecule has 412 valence electrons. The third-order valence-electron chi connectivity index (χ3n) is 14.4. The average Bonchev–Trinajstić information content (AvgIpc) is 4.09. The number of carbonyl (C=O) groups excluding carboxylic acids is 9. The van der Waals surface area contributed by atoms with Crippen LogP contribution in [0.4, 0.5) is 0 Å². The lowest BCUT2D eigenvalue weighted by atomic mass is 9.91. The van der Waals surface area contributed by atoms with Crippen LogP contribution in [0, 0.1) is 29.6 Å². The van der Waals surface area contributed by atoms with E-state index in [-0.39, 0.29) is 50.0 Å². The van der Waals surface area contributed by atoms with Gasteiger partial charge in [0.1, 0.15) is 48.1 Å². The van der Waals surface area contributed by atoms with Crippen LogP contribution in [0.25, 0.3) is 0 Å². The summed E-state index contributed by atoms with van der Waals surface area (Å²) in [4.78, 5) is 133. The highest BCUT2D eigenvalue weighted by Gasteiger charge is 2.45. The fourth-order valence-corrected chi connectivity index (χ4v) is 9.61. The zero-order chi connectivity index (χ0) is 55.3. The summed E-state index contributed by atoms with van der Waals surface area (Å²) in [5.41, 5.74) is 0.599. The summed E-state index contributed by atoms with van der Waals surface area (Å²) < 4.78 is 17.2. The predicted molar refractivity (Wildman–Crippen MR) is 275 cm³/mol. The highest BCUT2D eigenvalue weighted by atomic mass is 16.6. The van der Waals surface area contributed by atoms with E-state index in [1.165, 1.54) is 49.8 Å². The van der Waals surface area contributed by atoms with E-state index in [0.717, 1.165) is 0 Å². The van der Waals surface area contributed by atoms with E-state index in [9.17, 15) is 48.3 Å². The molecule has 3 aliphatic rings. The van der Waals surface area contributed by atoms with E-state index in [2.05, 4.69) is 21.3 Å². The standard InChI is InChI=1S/C54H83N7O13/c1-14-32(8)44-42(62)28-43(63)74-47(31(6)7)46(64)33(9)48(65)56-38(25-29(2)3)52(69)61-24-16-18-39(61)53(70)60(12)41(27-35-19-21-36(72-13)22-20-35)54(71)73-34(10)45(50(67)57-44)58-49(66)40(26-30(4)5)59(11)51(68)37-17-15-23-55-37/h15,17,19-22,29-34,37-42,44-45,47,55,62H,14,16,18,23-28H2,1-13H3,(H,56,65)(H,57,67)(H,58,66)/t32-,33+,34-,37?,38-,39-,40-,41-,42+,44-,45+,47-/m0/s1. The number of ether oxygens (including phenoxy) is 3. The van der Waals surface area contributed by atoms with Gasteiger partial charge in [-0.05, 0) is 80.9 Å². The Labute approximate surface area is 436 Å². The summed E-state index contributed by atoms with van der Waals surface area (Å²) in [6.07, 6.45) is -0.439. The fraction of sp³-hybridized carbons (Fsp3) is 0.685. The second kappa shape index (κ2) is 27.6. The van der Waals surface area contributed by atoms with Crippen molar-refractivity contribution in [3.63, 3.8) is 0 Å². The van der Waals surface area contributed by atoms with Crippen molar-refractivity contribution < 1.29 is 62.5 Å². The van der Waals surface area contributed by atoms with Crippen LogP contribution in [0.2, 0.25) is 0 Å². The molecule has 3 aliphatic heterocycles. The Morgan fingerprint density at radius 3 is 2.15 bits per heavy atom. The molecule has 2 fully saturated rings. The van der Waals surface area contributed by atoms with Gasteiger partial charge in [0.2, 0.25) is 35.4 Å². The van der Waals surface area contributed by atoms with Gasteiger partial charge in [-0.1, -0.05) is 86.1 Å². The molecular weight excluding hydrogens is 955 g/mol. The smallest absolute Gasteiger partial charge is 0.329 e. The molecule has 0 bridgehead atoms. The number of carbonyl (C=O) groups is 9. The molecule has 4 rings (SSSR count). The SMILES string of the molecule is CC[C@H](C)[C@@H]1NC(=O)[C@H](NC(=O)[C@H](CC(C)C)N(C)C(=O)C2C=CCN2)[C@H](C)OC(=O)[C@H](Cc2ccc(OC)cc2)N(C)C(=O)[C@@H]2CCCN2C(=O)[C@H](CC(C)C)NC(=O)[C@H](C)C(=O)[C@H](C(C)C)OC(=O)C[C@H]1O. The molecule has 0 aliphatic carbocycles. The zero-order valence-electron chi connectivity index (χ0n) is 45.7. The molecule has 0 spiro atoms. The Balaban J connectivity index is 1.88. The van der Waals surface area contributed by atoms with Crippen molar-refractivity contribution >= 4 is 53.2 Å². The first-order valence-electron chi connectivity index (χ1n) is 26.2. The topological polar surface area (TPSA) is 259 Å². The van der Waals surface area contributed by atoms with Crippen molar-refractivity contribution in [1.29, 1.82) is 0 Å². The van der Waals surface area contributed by atoms with E-state index in [0.29, 0.717) is 30.7 Å². The van der Waals surface area contributed by atoms with E-state index < -0.39 is 132 Å². The Morgan fingerprint density at radius 1 is 0.919 bits per heavy atom. The number of cyclic esters (lactones) is 2.